The third-order valence-electron chi connectivity index (χ3n) is 2.45. The fourth-order valence-corrected chi connectivity index (χ4v) is 1.38. The van der Waals surface area contributed by atoms with Crippen LogP contribution in [0.4, 0.5) is 0 Å². The maximum atomic E-state index is 11.4. The van der Waals surface area contributed by atoms with Crippen LogP contribution >= 0.6 is 0 Å². The SMILES string of the molecule is C[C@H]1C[C@@H]1C(=O)NCc1cnc[nH]1. The molecular formula is C9H13N3O. The molecule has 2 atom stereocenters. The van der Waals surface area contributed by atoms with Crippen LogP contribution in [0.5, 0.6) is 0 Å². The standard InChI is InChI=1S/C9H13N3O/c1-6-2-8(6)9(13)11-4-7-3-10-5-12-7/h3,5-6,8H,2,4H2,1H3,(H,10,12)(H,11,13)/t6-,8-/m0/s1. The molecule has 0 saturated heterocycles. The Bertz CT molecular complexity index is 294. The zero-order valence-corrected chi connectivity index (χ0v) is 7.58. The van der Waals surface area contributed by atoms with Crippen molar-refractivity contribution >= 4 is 5.91 Å². The number of rotatable bonds is 3. The Labute approximate surface area is 76.8 Å². The summed E-state index contributed by atoms with van der Waals surface area (Å²) in [5, 5.41) is 2.87. The minimum atomic E-state index is 0.169. The van der Waals surface area contributed by atoms with Crippen molar-refractivity contribution in [3.8, 4) is 0 Å². The molecule has 0 spiro atoms. The second-order valence-electron chi connectivity index (χ2n) is 3.61. The zero-order chi connectivity index (χ0) is 9.26. The van der Waals surface area contributed by atoms with Crippen molar-refractivity contribution in [3.63, 3.8) is 0 Å². The van der Waals surface area contributed by atoms with Gasteiger partial charge in [0.15, 0.2) is 0 Å². The van der Waals surface area contributed by atoms with Crippen LogP contribution in [0.1, 0.15) is 19.0 Å². The molecule has 1 aliphatic rings. The van der Waals surface area contributed by atoms with Gasteiger partial charge in [0.2, 0.25) is 5.91 Å². The number of amides is 1. The number of aromatic nitrogens is 2. The number of hydrogen-bond donors (Lipinski definition) is 2. The smallest absolute Gasteiger partial charge is 0.223 e. The molecule has 1 aromatic heterocycles. The lowest BCUT2D eigenvalue weighted by Gasteiger charge is -2.01. The van der Waals surface area contributed by atoms with Gasteiger partial charge in [0, 0.05) is 12.1 Å². The van der Waals surface area contributed by atoms with Gasteiger partial charge in [0.1, 0.15) is 0 Å². The van der Waals surface area contributed by atoms with Crippen LogP contribution in [0.2, 0.25) is 0 Å². The van der Waals surface area contributed by atoms with Crippen LogP contribution in [0.25, 0.3) is 0 Å². The van der Waals surface area contributed by atoms with E-state index in [9.17, 15) is 4.79 Å². The lowest BCUT2D eigenvalue weighted by Crippen LogP contribution is -2.24. The minimum absolute atomic E-state index is 0.169. The Morgan fingerprint density at radius 3 is 3.15 bits per heavy atom. The van der Waals surface area contributed by atoms with Crippen molar-refractivity contribution in [2.45, 2.75) is 19.9 Å². The second kappa shape index (κ2) is 3.20. The number of imidazole rings is 1. The summed E-state index contributed by atoms with van der Waals surface area (Å²) in [5.41, 5.74) is 0.946. The summed E-state index contributed by atoms with van der Waals surface area (Å²) in [7, 11) is 0. The molecule has 4 nitrogen and oxygen atoms in total. The van der Waals surface area contributed by atoms with Gasteiger partial charge < -0.3 is 10.3 Å². The maximum Gasteiger partial charge on any atom is 0.223 e. The number of carbonyl (C=O) groups is 1. The van der Waals surface area contributed by atoms with Crippen molar-refractivity contribution in [2.75, 3.05) is 0 Å². The number of nitrogens with one attached hydrogen (secondary N) is 2. The van der Waals surface area contributed by atoms with E-state index in [1.807, 2.05) is 0 Å². The molecule has 1 fully saturated rings. The molecule has 1 amide bonds. The van der Waals surface area contributed by atoms with E-state index in [0.717, 1.165) is 12.1 Å². The van der Waals surface area contributed by atoms with Gasteiger partial charge in [0.05, 0.1) is 18.6 Å². The lowest BCUT2D eigenvalue weighted by molar-refractivity contribution is -0.122. The van der Waals surface area contributed by atoms with Gasteiger partial charge in [-0.3, -0.25) is 4.79 Å². The van der Waals surface area contributed by atoms with Gasteiger partial charge in [-0.05, 0) is 12.3 Å². The summed E-state index contributed by atoms with van der Waals surface area (Å²) in [4.78, 5) is 18.2. The summed E-state index contributed by atoms with van der Waals surface area (Å²) < 4.78 is 0. The van der Waals surface area contributed by atoms with Crippen LogP contribution in [0, 0.1) is 11.8 Å². The van der Waals surface area contributed by atoms with E-state index in [2.05, 4.69) is 22.2 Å². The van der Waals surface area contributed by atoms with Crippen molar-refractivity contribution in [2.24, 2.45) is 11.8 Å². The molecule has 70 valence electrons. The third-order valence-corrected chi connectivity index (χ3v) is 2.45. The highest BCUT2D eigenvalue weighted by molar-refractivity contribution is 5.81. The molecule has 4 heteroatoms. The van der Waals surface area contributed by atoms with Gasteiger partial charge in [-0.2, -0.15) is 0 Å². The highest BCUT2D eigenvalue weighted by atomic mass is 16.2. The minimum Gasteiger partial charge on any atom is -0.350 e. The number of H-pyrrole nitrogens is 1. The summed E-state index contributed by atoms with van der Waals surface area (Å²) >= 11 is 0. The first-order valence-corrected chi connectivity index (χ1v) is 4.52. The van der Waals surface area contributed by atoms with E-state index in [1.165, 1.54) is 0 Å². The van der Waals surface area contributed by atoms with Gasteiger partial charge in [-0.1, -0.05) is 6.92 Å². The van der Waals surface area contributed by atoms with E-state index in [1.54, 1.807) is 12.5 Å². The molecule has 1 saturated carbocycles. The highest BCUT2D eigenvalue weighted by Gasteiger charge is 2.38. The zero-order valence-electron chi connectivity index (χ0n) is 7.58. The third kappa shape index (κ3) is 1.88. The van der Waals surface area contributed by atoms with Crippen molar-refractivity contribution in [3.05, 3.63) is 18.2 Å². The number of hydrogen-bond acceptors (Lipinski definition) is 2. The van der Waals surface area contributed by atoms with Crippen LogP contribution < -0.4 is 5.32 Å². The van der Waals surface area contributed by atoms with Crippen LogP contribution in [0.15, 0.2) is 12.5 Å². The Morgan fingerprint density at radius 1 is 1.85 bits per heavy atom. The Morgan fingerprint density at radius 2 is 2.62 bits per heavy atom. The second-order valence-corrected chi connectivity index (χ2v) is 3.61. The molecular weight excluding hydrogens is 166 g/mol. The molecule has 13 heavy (non-hydrogen) atoms. The summed E-state index contributed by atoms with van der Waals surface area (Å²) in [6.07, 6.45) is 4.37. The molecule has 1 aromatic rings. The number of aromatic amines is 1. The molecule has 1 aliphatic carbocycles. The normalized spacial score (nSPS) is 25.6. The predicted octanol–water partition coefficient (Wildman–Crippen LogP) is 0.682. The fourth-order valence-electron chi connectivity index (χ4n) is 1.38. The monoisotopic (exact) mass is 179 g/mol. The van der Waals surface area contributed by atoms with E-state index in [0.29, 0.717) is 12.5 Å². The van der Waals surface area contributed by atoms with Crippen molar-refractivity contribution < 1.29 is 4.79 Å². The van der Waals surface area contributed by atoms with E-state index < -0.39 is 0 Å². The maximum absolute atomic E-state index is 11.4. The molecule has 2 N–H and O–H groups in total. The topological polar surface area (TPSA) is 57.8 Å². The molecule has 0 unspecified atom stereocenters. The van der Waals surface area contributed by atoms with E-state index in [-0.39, 0.29) is 11.8 Å². The largest absolute Gasteiger partial charge is 0.350 e. The molecule has 0 radical (unpaired) electrons. The molecule has 0 aliphatic heterocycles. The number of nitrogens with zero attached hydrogens (tertiary/aromatic N) is 1. The average Bonchev–Trinajstić information content (AvgIpc) is 2.68. The average molecular weight is 179 g/mol. The Hall–Kier alpha value is -1.32. The quantitative estimate of drug-likeness (QED) is 0.717. The van der Waals surface area contributed by atoms with Crippen LogP contribution in [-0.4, -0.2) is 15.9 Å². The molecule has 0 bridgehead atoms. The van der Waals surface area contributed by atoms with E-state index >= 15 is 0 Å². The van der Waals surface area contributed by atoms with Gasteiger partial charge in [-0.15, -0.1) is 0 Å². The van der Waals surface area contributed by atoms with Crippen molar-refractivity contribution in [1.29, 1.82) is 0 Å². The Balaban J connectivity index is 1.77. The summed E-state index contributed by atoms with van der Waals surface area (Å²) in [6.45, 7) is 2.66. The Kier molecular flexibility index (Phi) is 2.04. The molecule has 2 rings (SSSR count). The number of carbonyl (C=O) groups excluding carboxylic acids is 1. The molecule has 1 heterocycles. The fraction of sp³-hybridized carbons (Fsp3) is 0.556. The summed E-state index contributed by atoms with van der Waals surface area (Å²) in [6, 6.07) is 0. The highest BCUT2D eigenvalue weighted by Crippen LogP contribution is 2.37. The molecule has 0 aromatic carbocycles. The van der Waals surface area contributed by atoms with Gasteiger partial charge in [-0.25, -0.2) is 4.98 Å². The van der Waals surface area contributed by atoms with E-state index in [4.69, 9.17) is 0 Å². The predicted molar refractivity (Wildman–Crippen MR) is 47.7 cm³/mol. The van der Waals surface area contributed by atoms with Gasteiger partial charge in [0.25, 0.3) is 0 Å². The summed E-state index contributed by atoms with van der Waals surface area (Å²) in [5.74, 6) is 0.992. The first-order valence-electron chi connectivity index (χ1n) is 4.52. The van der Waals surface area contributed by atoms with Crippen LogP contribution in [0.3, 0.4) is 0 Å². The van der Waals surface area contributed by atoms with Crippen molar-refractivity contribution in [1.82, 2.24) is 15.3 Å². The van der Waals surface area contributed by atoms with Gasteiger partial charge >= 0.3 is 0 Å². The lowest BCUT2D eigenvalue weighted by atomic mass is 10.3. The first kappa shape index (κ1) is 8.29. The van der Waals surface area contributed by atoms with Crippen LogP contribution in [-0.2, 0) is 11.3 Å². The first-order chi connectivity index (χ1) is 6.27.